The molecule has 25 heavy (non-hydrogen) atoms. The summed E-state index contributed by atoms with van der Waals surface area (Å²) in [6.45, 7) is 6.38. The zero-order valence-electron chi connectivity index (χ0n) is 14.0. The molecule has 2 N–H and O–H groups in total. The van der Waals surface area contributed by atoms with Crippen LogP contribution >= 0.6 is 11.6 Å². The summed E-state index contributed by atoms with van der Waals surface area (Å²) >= 11 is 6.18. The van der Waals surface area contributed by atoms with E-state index in [4.69, 9.17) is 16.0 Å². The highest BCUT2D eigenvalue weighted by Gasteiger charge is 2.20. The van der Waals surface area contributed by atoms with Gasteiger partial charge in [0, 0.05) is 37.7 Å². The Bertz CT molecular complexity index is 813. The van der Waals surface area contributed by atoms with Crippen molar-refractivity contribution in [3.8, 4) is 11.5 Å². The van der Waals surface area contributed by atoms with E-state index in [1.54, 1.807) is 0 Å². The molecule has 0 atom stereocenters. The van der Waals surface area contributed by atoms with Gasteiger partial charge in [0.2, 0.25) is 0 Å². The Labute approximate surface area is 150 Å². The molecule has 1 saturated heterocycles. The number of aromatic hydroxyl groups is 2. The standard InChI is InChI=1S/C18H21ClN2O4/c1-12-2-3-13(8-14(12)19)10-20-4-6-21(7-5-20)11-16-18(24)15(22)9-17(23)25-16/h2-3,8-9,22,24H,4-7,10-11H2,1H3. The highest BCUT2D eigenvalue weighted by Crippen LogP contribution is 2.27. The molecular formula is C18H21ClN2O4. The smallest absolute Gasteiger partial charge is 0.339 e. The monoisotopic (exact) mass is 364 g/mol. The molecule has 0 bridgehead atoms. The Balaban J connectivity index is 1.57. The van der Waals surface area contributed by atoms with E-state index >= 15 is 0 Å². The van der Waals surface area contributed by atoms with E-state index in [-0.39, 0.29) is 11.5 Å². The Morgan fingerprint density at radius 2 is 1.72 bits per heavy atom. The Morgan fingerprint density at radius 1 is 1.08 bits per heavy atom. The van der Waals surface area contributed by atoms with Crippen LogP contribution < -0.4 is 5.63 Å². The maximum Gasteiger partial charge on any atom is 0.339 e. The summed E-state index contributed by atoms with van der Waals surface area (Å²) in [5.74, 6) is -0.707. The van der Waals surface area contributed by atoms with Crippen molar-refractivity contribution in [3.63, 3.8) is 0 Å². The molecule has 7 heteroatoms. The summed E-state index contributed by atoms with van der Waals surface area (Å²) in [7, 11) is 0. The van der Waals surface area contributed by atoms with Crippen LogP contribution in [0.4, 0.5) is 0 Å². The van der Waals surface area contributed by atoms with E-state index in [1.807, 2.05) is 19.1 Å². The maximum absolute atomic E-state index is 11.3. The Hall–Kier alpha value is -2.02. The van der Waals surface area contributed by atoms with Crippen molar-refractivity contribution in [2.24, 2.45) is 0 Å². The number of piperazine rings is 1. The van der Waals surface area contributed by atoms with Crippen molar-refractivity contribution in [1.82, 2.24) is 9.80 Å². The Morgan fingerprint density at radius 3 is 2.36 bits per heavy atom. The van der Waals surface area contributed by atoms with Gasteiger partial charge in [-0.1, -0.05) is 23.7 Å². The lowest BCUT2D eigenvalue weighted by atomic mass is 10.1. The van der Waals surface area contributed by atoms with E-state index in [0.717, 1.165) is 49.4 Å². The van der Waals surface area contributed by atoms with Crippen LogP contribution in [0.1, 0.15) is 16.9 Å². The molecule has 0 saturated carbocycles. The summed E-state index contributed by atoms with van der Waals surface area (Å²) in [4.78, 5) is 15.7. The Kier molecular flexibility index (Phi) is 5.32. The van der Waals surface area contributed by atoms with Crippen LogP contribution in [0.15, 0.2) is 33.5 Å². The lowest BCUT2D eigenvalue weighted by molar-refractivity contribution is 0.113. The predicted molar refractivity (Wildman–Crippen MR) is 95.1 cm³/mol. The van der Waals surface area contributed by atoms with Gasteiger partial charge >= 0.3 is 5.63 Å². The SMILES string of the molecule is Cc1ccc(CN2CCN(Cc3oc(=O)cc(O)c3O)CC2)cc1Cl. The third kappa shape index (κ3) is 4.34. The zero-order valence-corrected chi connectivity index (χ0v) is 14.8. The molecule has 0 unspecified atom stereocenters. The number of hydrogen-bond acceptors (Lipinski definition) is 6. The second-order valence-corrected chi connectivity index (χ2v) is 6.77. The van der Waals surface area contributed by atoms with Gasteiger partial charge in [0.15, 0.2) is 17.3 Å². The topological polar surface area (TPSA) is 77.2 Å². The first-order chi connectivity index (χ1) is 11.9. The molecule has 0 aliphatic carbocycles. The van der Waals surface area contributed by atoms with E-state index in [1.165, 1.54) is 5.56 Å². The van der Waals surface area contributed by atoms with Crippen molar-refractivity contribution < 1.29 is 14.6 Å². The molecule has 1 aliphatic heterocycles. The van der Waals surface area contributed by atoms with Crippen LogP contribution in [0.5, 0.6) is 11.5 Å². The summed E-state index contributed by atoms with van der Waals surface area (Å²) in [6.07, 6.45) is 0. The molecule has 1 aromatic heterocycles. The van der Waals surface area contributed by atoms with Crippen molar-refractivity contribution >= 4 is 11.6 Å². The fourth-order valence-corrected chi connectivity index (χ4v) is 3.13. The van der Waals surface area contributed by atoms with E-state index in [0.29, 0.717) is 6.54 Å². The highest BCUT2D eigenvalue weighted by atomic mass is 35.5. The summed E-state index contributed by atoms with van der Waals surface area (Å²) in [5, 5.41) is 20.1. The molecule has 134 valence electrons. The minimum Gasteiger partial charge on any atom is -0.504 e. The van der Waals surface area contributed by atoms with Gasteiger partial charge in [-0.15, -0.1) is 0 Å². The average Bonchev–Trinajstić information content (AvgIpc) is 2.57. The first-order valence-corrected chi connectivity index (χ1v) is 8.55. The second kappa shape index (κ2) is 7.47. The third-order valence-corrected chi connectivity index (χ3v) is 4.87. The lowest BCUT2D eigenvalue weighted by Gasteiger charge is -2.34. The summed E-state index contributed by atoms with van der Waals surface area (Å²) in [6, 6.07) is 6.99. The normalized spacial score (nSPS) is 16.2. The van der Waals surface area contributed by atoms with Crippen LogP contribution in [0.3, 0.4) is 0 Å². The van der Waals surface area contributed by atoms with Crippen molar-refractivity contribution in [1.29, 1.82) is 0 Å². The molecule has 3 rings (SSSR count). The van der Waals surface area contributed by atoms with Gasteiger partial charge in [-0.25, -0.2) is 4.79 Å². The van der Waals surface area contributed by atoms with E-state index in [2.05, 4.69) is 15.9 Å². The molecule has 2 aromatic rings. The van der Waals surface area contributed by atoms with Crippen LogP contribution in [-0.2, 0) is 13.1 Å². The van der Waals surface area contributed by atoms with Crippen LogP contribution in [0.25, 0.3) is 0 Å². The van der Waals surface area contributed by atoms with Gasteiger partial charge < -0.3 is 14.6 Å². The largest absolute Gasteiger partial charge is 0.504 e. The van der Waals surface area contributed by atoms with Gasteiger partial charge in [-0.05, 0) is 24.1 Å². The van der Waals surface area contributed by atoms with Gasteiger partial charge in [0.25, 0.3) is 0 Å². The first-order valence-electron chi connectivity index (χ1n) is 8.17. The summed E-state index contributed by atoms with van der Waals surface area (Å²) in [5.41, 5.74) is 1.59. The van der Waals surface area contributed by atoms with Crippen molar-refractivity contribution in [2.45, 2.75) is 20.0 Å². The quantitative estimate of drug-likeness (QED) is 0.867. The molecule has 0 radical (unpaired) electrons. The molecular weight excluding hydrogens is 344 g/mol. The minimum absolute atomic E-state index is 0.101. The van der Waals surface area contributed by atoms with Crippen molar-refractivity contribution in [3.05, 3.63) is 56.6 Å². The van der Waals surface area contributed by atoms with Crippen LogP contribution in [-0.4, -0.2) is 46.2 Å². The van der Waals surface area contributed by atoms with E-state index in [9.17, 15) is 15.0 Å². The van der Waals surface area contributed by atoms with Gasteiger partial charge in [0.1, 0.15) is 0 Å². The van der Waals surface area contributed by atoms with Gasteiger partial charge in [-0.2, -0.15) is 0 Å². The van der Waals surface area contributed by atoms with Gasteiger partial charge in [0.05, 0.1) is 12.6 Å². The molecule has 2 heterocycles. The number of nitrogens with zero attached hydrogens (tertiary/aromatic N) is 2. The number of halogens is 1. The molecule has 1 aromatic carbocycles. The molecule has 1 aliphatic rings. The predicted octanol–water partition coefficient (Wildman–Crippen LogP) is 2.33. The minimum atomic E-state index is -0.666. The van der Waals surface area contributed by atoms with E-state index < -0.39 is 11.4 Å². The second-order valence-electron chi connectivity index (χ2n) is 6.36. The number of aryl methyl sites for hydroxylation is 1. The maximum atomic E-state index is 11.3. The number of benzene rings is 1. The fourth-order valence-electron chi connectivity index (χ4n) is 2.93. The molecule has 0 amide bonds. The fraction of sp³-hybridized carbons (Fsp3) is 0.389. The molecule has 1 fully saturated rings. The molecule has 6 nitrogen and oxygen atoms in total. The first kappa shape index (κ1) is 17.8. The van der Waals surface area contributed by atoms with Crippen LogP contribution in [0.2, 0.25) is 5.02 Å². The third-order valence-electron chi connectivity index (χ3n) is 4.46. The lowest BCUT2D eigenvalue weighted by Crippen LogP contribution is -2.45. The molecule has 0 spiro atoms. The number of hydrogen-bond donors (Lipinski definition) is 2. The van der Waals surface area contributed by atoms with Crippen LogP contribution in [0, 0.1) is 6.92 Å². The average molecular weight is 365 g/mol. The van der Waals surface area contributed by atoms with Crippen molar-refractivity contribution in [2.75, 3.05) is 26.2 Å². The van der Waals surface area contributed by atoms with Gasteiger partial charge in [-0.3, -0.25) is 9.80 Å². The number of rotatable bonds is 4. The highest BCUT2D eigenvalue weighted by molar-refractivity contribution is 6.31. The summed E-state index contributed by atoms with van der Waals surface area (Å²) < 4.78 is 5.00. The zero-order chi connectivity index (χ0) is 18.0.